The first-order valence-corrected chi connectivity index (χ1v) is 6.32. The Balaban J connectivity index is 2.05. The predicted molar refractivity (Wildman–Crippen MR) is 62.3 cm³/mol. The van der Waals surface area contributed by atoms with Crippen molar-refractivity contribution in [2.45, 2.75) is 38.8 Å². The highest BCUT2D eigenvalue weighted by Crippen LogP contribution is 2.19. The Morgan fingerprint density at radius 1 is 1.47 bits per heavy atom. The normalized spacial score (nSPS) is 34.0. The van der Waals surface area contributed by atoms with Crippen molar-refractivity contribution in [3.63, 3.8) is 0 Å². The molecule has 0 aliphatic carbocycles. The van der Waals surface area contributed by atoms with E-state index in [0.717, 1.165) is 13.0 Å². The fourth-order valence-electron chi connectivity index (χ4n) is 2.42. The summed E-state index contributed by atoms with van der Waals surface area (Å²) in [5.74, 6) is 0.381. The number of carbonyl (C=O) groups is 2. The molecule has 2 aliphatic rings. The first kappa shape index (κ1) is 12.4. The predicted octanol–water partition coefficient (Wildman–Crippen LogP) is 0.148. The number of rotatable bonds is 3. The van der Waals surface area contributed by atoms with Gasteiger partial charge in [-0.1, -0.05) is 6.92 Å². The van der Waals surface area contributed by atoms with Gasteiger partial charge in [-0.3, -0.25) is 9.59 Å². The van der Waals surface area contributed by atoms with Gasteiger partial charge in [-0.05, 0) is 19.8 Å². The average molecular weight is 240 g/mol. The molecule has 0 saturated carbocycles. The van der Waals surface area contributed by atoms with Crippen LogP contribution in [0.3, 0.4) is 0 Å². The molecule has 0 aromatic carbocycles. The van der Waals surface area contributed by atoms with E-state index < -0.39 is 0 Å². The summed E-state index contributed by atoms with van der Waals surface area (Å²) in [5.41, 5.74) is 0. The van der Waals surface area contributed by atoms with Gasteiger partial charge in [-0.15, -0.1) is 0 Å². The van der Waals surface area contributed by atoms with E-state index in [2.05, 4.69) is 5.32 Å². The van der Waals surface area contributed by atoms with Gasteiger partial charge in [0, 0.05) is 19.1 Å². The molecule has 0 spiro atoms. The van der Waals surface area contributed by atoms with Crippen LogP contribution in [0.25, 0.3) is 0 Å². The molecule has 1 N–H and O–H groups in total. The van der Waals surface area contributed by atoms with Crippen LogP contribution in [-0.4, -0.2) is 48.6 Å². The fourth-order valence-corrected chi connectivity index (χ4v) is 2.42. The topological polar surface area (TPSA) is 58.6 Å². The maximum Gasteiger partial charge on any atom is 0.245 e. The molecule has 3 unspecified atom stereocenters. The van der Waals surface area contributed by atoms with Crippen molar-refractivity contribution in [1.82, 2.24) is 10.2 Å². The fraction of sp³-hybridized carbons (Fsp3) is 0.833. The molecule has 2 fully saturated rings. The number of hydrogen-bond acceptors (Lipinski definition) is 3. The van der Waals surface area contributed by atoms with Gasteiger partial charge >= 0.3 is 0 Å². The van der Waals surface area contributed by atoms with Gasteiger partial charge in [0.25, 0.3) is 0 Å². The average Bonchev–Trinajstić information content (AvgIpc) is 2.82. The van der Waals surface area contributed by atoms with Gasteiger partial charge in [-0.25, -0.2) is 0 Å². The summed E-state index contributed by atoms with van der Waals surface area (Å²) in [5, 5.41) is 2.76. The molecule has 0 aromatic rings. The molecule has 2 heterocycles. The SMILES string of the molecule is CCC1NC(=O)C(C)N(CC2CCOC2)C1=O. The third-order valence-corrected chi connectivity index (χ3v) is 3.63. The molecule has 3 atom stereocenters. The number of piperazine rings is 1. The summed E-state index contributed by atoms with van der Waals surface area (Å²) in [7, 11) is 0. The van der Waals surface area contributed by atoms with Gasteiger partial charge in [-0.2, -0.15) is 0 Å². The van der Waals surface area contributed by atoms with Crippen molar-refractivity contribution in [2.75, 3.05) is 19.8 Å². The maximum absolute atomic E-state index is 12.2. The van der Waals surface area contributed by atoms with E-state index in [0.29, 0.717) is 25.5 Å². The first-order chi connectivity index (χ1) is 8.13. The molecular formula is C12H20N2O3. The van der Waals surface area contributed by atoms with Crippen LogP contribution >= 0.6 is 0 Å². The van der Waals surface area contributed by atoms with Gasteiger partial charge in [0.15, 0.2) is 0 Å². The molecule has 5 heteroatoms. The smallest absolute Gasteiger partial charge is 0.245 e. The number of ether oxygens (including phenoxy) is 1. The third-order valence-electron chi connectivity index (χ3n) is 3.63. The van der Waals surface area contributed by atoms with Crippen LogP contribution in [0.1, 0.15) is 26.7 Å². The zero-order chi connectivity index (χ0) is 12.4. The third kappa shape index (κ3) is 2.44. The molecule has 2 rings (SSSR count). The van der Waals surface area contributed by atoms with E-state index >= 15 is 0 Å². The van der Waals surface area contributed by atoms with Crippen molar-refractivity contribution < 1.29 is 14.3 Å². The Morgan fingerprint density at radius 2 is 2.24 bits per heavy atom. The Hall–Kier alpha value is -1.10. The lowest BCUT2D eigenvalue weighted by atomic mass is 10.0. The van der Waals surface area contributed by atoms with Crippen molar-refractivity contribution in [2.24, 2.45) is 5.92 Å². The van der Waals surface area contributed by atoms with Crippen molar-refractivity contribution in [1.29, 1.82) is 0 Å². The minimum atomic E-state index is -0.356. The summed E-state index contributed by atoms with van der Waals surface area (Å²) in [6.07, 6.45) is 1.63. The zero-order valence-electron chi connectivity index (χ0n) is 10.4. The Morgan fingerprint density at radius 3 is 2.82 bits per heavy atom. The van der Waals surface area contributed by atoms with Gasteiger partial charge in [0.1, 0.15) is 12.1 Å². The molecule has 2 saturated heterocycles. The van der Waals surface area contributed by atoms with Crippen LogP contribution in [0.15, 0.2) is 0 Å². The maximum atomic E-state index is 12.2. The summed E-state index contributed by atoms with van der Waals surface area (Å²) in [4.78, 5) is 25.6. The minimum Gasteiger partial charge on any atom is -0.381 e. The lowest BCUT2D eigenvalue weighted by Crippen LogP contribution is -2.62. The molecule has 2 amide bonds. The Bertz CT molecular complexity index is 313. The van der Waals surface area contributed by atoms with E-state index in [-0.39, 0.29) is 23.9 Å². The van der Waals surface area contributed by atoms with Crippen LogP contribution in [0, 0.1) is 5.92 Å². The number of nitrogens with zero attached hydrogens (tertiary/aromatic N) is 1. The van der Waals surface area contributed by atoms with E-state index in [1.807, 2.05) is 6.92 Å². The lowest BCUT2D eigenvalue weighted by molar-refractivity contribution is -0.149. The highest BCUT2D eigenvalue weighted by molar-refractivity contribution is 5.96. The first-order valence-electron chi connectivity index (χ1n) is 6.32. The number of amides is 2. The molecule has 2 aliphatic heterocycles. The largest absolute Gasteiger partial charge is 0.381 e. The summed E-state index contributed by atoms with van der Waals surface area (Å²) >= 11 is 0. The minimum absolute atomic E-state index is 0.0460. The number of carbonyl (C=O) groups excluding carboxylic acids is 2. The van der Waals surface area contributed by atoms with Gasteiger partial charge in [0.2, 0.25) is 11.8 Å². The summed E-state index contributed by atoms with van der Waals surface area (Å²) < 4.78 is 5.31. The molecule has 17 heavy (non-hydrogen) atoms. The Kier molecular flexibility index (Phi) is 3.66. The molecule has 0 radical (unpaired) electrons. The van der Waals surface area contributed by atoms with E-state index in [4.69, 9.17) is 4.74 Å². The number of hydrogen-bond donors (Lipinski definition) is 1. The van der Waals surface area contributed by atoms with Crippen LogP contribution in [-0.2, 0) is 14.3 Å². The molecule has 5 nitrogen and oxygen atoms in total. The number of nitrogens with one attached hydrogen (secondary N) is 1. The van der Waals surface area contributed by atoms with Crippen molar-refractivity contribution in [3.8, 4) is 0 Å². The Labute approximate surface area is 101 Å². The van der Waals surface area contributed by atoms with Crippen molar-refractivity contribution in [3.05, 3.63) is 0 Å². The van der Waals surface area contributed by atoms with Gasteiger partial charge in [0.05, 0.1) is 6.61 Å². The monoisotopic (exact) mass is 240 g/mol. The van der Waals surface area contributed by atoms with Crippen molar-refractivity contribution >= 4 is 11.8 Å². The van der Waals surface area contributed by atoms with Crippen LogP contribution in [0.2, 0.25) is 0 Å². The van der Waals surface area contributed by atoms with Crippen LogP contribution in [0.5, 0.6) is 0 Å². The van der Waals surface area contributed by atoms with E-state index in [9.17, 15) is 9.59 Å². The molecule has 0 bridgehead atoms. The second-order valence-corrected chi connectivity index (χ2v) is 4.87. The van der Waals surface area contributed by atoms with Crippen LogP contribution in [0.4, 0.5) is 0 Å². The highest BCUT2D eigenvalue weighted by Gasteiger charge is 2.38. The second-order valence-electron chi connectivity index (χ2n) is 4.87. The molecular weight excluding hydrogens is 220 g/mol. The zero-order valence-corrected chi connectivity index (χ0v) is 10.4. The summed E-state index contributed by atoms with van der Waals surface area (Å²) in [6, 6.07) is -0.702. The highest BCUT2D eigenvalue weighted by atomic mass is 16.5. The standard InChI is InChI=1S/C12H20N2O3/c1-3-10-12(16)14(8(2)11(15)13-10)6-9-4-5-17-7-9/h8-10H,3-7H2,1-2H3,(H,13,15). The lowest BCUT2D eigenvalue weighted by Gasteiger charge is -2.38. The molecule has 96 valence electrons. The van der Waals surface area contributed by atoms with E-state index in [1.54, 1.807) is 11.8 Å². The second kappa shape index (κ2) is 5.04. The summed E-state index contributed by atoms with van der Waals surface area (Å²) in [6.45, 7) is 5.81. The molecule has 0 aromatic heterocycles. The quantitative estimate of drug-likeness (QED) is 0.764. The van der Waals surface area contributed by atoms with E-state index in [1.165, 1.54) is 0 Å². The van der Waals surface area contributed by atoms with Gasteiger partial charge < -0.3 is 15.0 Å². The van der Waals surface area contributed by atoms with Crippen LogP contribution < -0.4 is 5.32 Å².